The van der Waals surface area contributed by atoms with Gasteiger partial charge in [0, 0.05) is 17.6 Å². The van der Waals surface area contributed by atoms with Crippen molar-refractivity contribution < 1.29 is 14.6 Å². The molecule has 106 valence electrons. The van der Waals surface area contributed by atoms with Gasteiger partial charge in [0.15, 0.2) is 0 Å². The lowest BCUT2D eigenvalue weighted by Gasteiger charge is -2.21. The highest BCUT2D eigenvalue weighted by Crippen LogP contribution is 2.23. The van der Waals surface area contributed by atoms with Crippen molar-refractivity contribution in [1.29, 1.82) is 0 Å². The Kier molecular flexibility index (Phi) is 5.82. The fourth-order valence-electron chi connectivity index (χ4n) is 1.49. The number of aliphatic hydroxyl groups is 1. The number of nitrogens with one attached hydrogen (secondary N) is 1. The molecular weight excluding hydrogens is 310 g/mol. The maximum Gasteiger partial charge on any atom is 0.252 e. The van der Waals surface area contributed by atoms with Gasteiger partial charge in [-0.3, -0.25) is 4.79 Å². The third-order valence-corrected chi connectivity index (χ3v) is 3.63. The maximum atomic E-state index is 12.0. The minimum atomic E-state index is -0.182. The number of carbonyl (C=O) groups is 1. The van der Waals surface area contributed by atoms with Crippen LogP contribution in [0.1, 0.15) is 30.6 Å². The van der Waals surface area contributed by atoms with Crippen LogP contribution in [0.25, 0.3) is 0 Å². The van der Waals surface area contributed by atoms with Crippen molar-refractivity contribution >= 4 is 21.8 Å². The third-order valence-electron chi connectivity index (χ3n) is 2.93. The summed E-state index contributed by atoms with van der Waals surface area (Å²) in [5.74, 6) is 0.489. The van der Waals surface area contributed by atoms with Gasteiger partial charge in [-0.25, -0.2) is 0 Å². The number of hydrogen-bond donors (Lipinski definition) is 2. The van der Waals surface area contributed by atoms with E-state index in [1.807, 2.05) is 13.8 Å². The van der Waals surface area contributed by atoms with E-state index < -0.39 is 0 Å². The van der Waals surface area contributed by atoms with Crippen molar-refractivity contribution in [2.24, 2.45) is 5.41 Å². The first-order chi connectivity index (χ1) is 8.89. The zero-order valence-electron chi connectivity index (χ0n) is 11.5. The number of hydrogen-bond acceptors (Lipinski definition) is 3. The van der Waals surface area contributed by atoms with Crippen LogP contribution in [0.3, 0.4) is 0 Å². The van der Waals surface area contributed by atoms with Crippen LogP contribution in [-0.2, 0) is 0 Å². The molecule has 0 unspecified atom stereocenters. The molecule has 2 N–H and O–H groups in total. The average Bonchev–Trinajstić information content (AvgIpc) is 2.39. The summed E-state index contributed by atoms with van der Waals surface area (Å²) in [4.78, 5) is 12.0. The van der Waals surface area contributed by atoms with Crippen LogP contribution < -0.4 is 10.1 Å². The Labute approximate surface area is 122 Å². The minimum Gasteiger partial charge on any atom is -0.497 e. The number of ether oxygens (including phenoxy) is 1. The highest BCUT2D eigenvalue weighted by molar-refractivity contribution is 9.10. The van der Waals surface area contributed by atoms with Gasteiger partial charge >= 0.3 is 0 Å². The molecule has 1 rings (SSSR count). The molecule has 0 fully saturated rings. The van der Waals surface area contributed by atoms with Crippen LogP contribution >= 0.6 is 15.9 Å². The number of halogens is 1. The summed E-state index contributed by atoms with van der Waals surface area (Å²) in [5, 5.41) is 12.0. The van der Waals surface area contributed by atoms with Crippen LogP contribution in [0.4, 0.5) is 0 Å². The summed E-state index contributed by atoms with van der Waals surface area (Å²) >= 11 is 3.35. The second-order valence-electron chi connectivity index (χ2n) is 5.17. The number of benzene rings is 1. The van der Waals surface area contributed by atoms with Crippen molar-refractivity contribution in [1.82, 2.24) is 5.32 Å². The number of aliphatic hydroxyl groups excluding tert-OH is 1. The Morgan fingerprint density at radius 3 is 2.74 bits per heavy atom. The summed E-state index contributed by atoms with van der Waals surface area (Å²) in [6, 6.07) is 5.26. The summed E-state index contributed by atoms with van der Waals surface area (Å²) in [5.41, 5.74) is 0.361. The van der Waals surface area contributed by atoms with Crippen LogP contribution in [0.5, 0.6) is 5.75 Å². The molecule has 0 aliphatic heterocycles. The first kappa shape index (κ1) is 16.0. The Hall–Kier alpha value is -1.07. The van der Waals surface area contributed by atoms with E-state index in [0.717, 1.165) is 10.9 Å². The molecule has 0 saturated heterocycles. The Balaban J connectivity index is 2.63. The minimum absolute atomic E-state index is 0.103. The Bertz CT molecular complexity index is 446. The zero-order valence-corrected chi connectivity index (χ0v) is 13.1. The van der Waals surface area contributed by atoms with Gasteiger partial charge in [-0.2, -0.15) is 0 Å². The lowest BCUT2D eigenvalue weighted by Crippen LogP contribution is -2.29. The van der Waals surface area contributed by atoms with Crippen molar-refractivity contribution in [2.75, 3.05) is 20.3 Å². The number of rotatable bonds is 6. The highest BCUT2D eigenvalue weighted by Gasteiger charge is 2.17. The number of methoxy groups -OCH3 is 1. The van der Waals surface area contributed by atoms with Crippen LogP contribution in [0.2, 0.25) is 0 Å². The molecule has 1 amide bonds. The van der Waals surface area contributed by atoms with Crippen LogP contribution in [-0.4, -0.2) is 31.3 Å². The lowest BCUT2D eigenvalue weighted by molar-refractivity contribution is 0.0937. The first-order valence-electron chi connectivity index (χ1n) is 6.12. The average molecular weight is 330 g/mol. The quantitative estimate of drug-likeness (QED) is 0.843. The van der Waals surface area contributed by atoms with E-state index in [1.54, 1.807) is 25.3 Å². The summed E-state index contributed by atoms with van der Waals surface area (Å²) in [6.07, 6.45) is 0.719. The topological polar surface area (TPSA) is 58.6 Å². The Morgan fingerprint density at radius 2 is 2.16 bits per heavy atom. The van der Waals surface area contributed by atoms with E-state index in [4.69, 9.17) is 9.84 Å². The monoisotopic (exact) mass is 329 g/mol. The fourth-order valence-corrected chi connectivity index (χ4v) is 1.92. The molecule has 0 spiro atoms. The predicted octanol–water partition coefficient (Wildman–Crippen LogP) is 2.60. The van der Waals surface area contributed by atoms with Crippen molar-refractivity contribution in [3.05, 3.63) is 28.2 Å². The van der Waals surface area contributed by atoms with Gasteiger partial charge in [-0.1, -0.05) is 13.8 Å². The first-order valence-corrected chi connectivity index (χ1v) is 6.91. The largest absolute Gasteiger partial charge is 0.497 e. The second-order valence-corrected chi connectivity index (χ2v) is 6.03. The summed E-state index contributed by atoms with van der Waals surface area (Å²) in [7, 11) is 1.56. The molecular formula is C14H20BrNO3. The standard InChI is InChI=1S/C14H20BrNO3/c1-14(2,9-17)6-7-16-13(18)11-8-10(19-3)4-5-12(11)15/h4-5,8,17H,6-7,9H2,1-3H3,(H,16,18). The molecule has 0 atom stereocenters. The molecule has 0 aliphatic rings. The molecule has 0 heterocycles. The smallest absolute Gasteiger partial charge is 0.252 e. The SMILES string of the molecule is COc1ccc(Br)c(C(=O)NCCC(C)(C)CO)c1. The Morgan fingerprint density at radius 1 is 1.47 bits per heavy atom. The van der Waals surface area contributed by atoms with E-state index in [1.165, 1.54) is 0 Å². The maximum absolute atomic E-state index is 12.0. The van der Waals surface area contributed by atoms with Gasteiger partial charge in [-0.15, -0.1) is 0 Å². The van der Waals surface area contributed by atoms with Gasteiger partial charge in [0.25, 0.3) is 5.91 Å². The highest BCUT2D eigenvalue weighted by atomic mass is 79.9. The van der Waals surface area contributed by atoms with E-state index >= 15 is 0 Å². The lowest BCUT2D eigenvalue weighted by atomic mass is 9.90. The molecule has 0 bridgehead atoms. The summed E-state index contributed by atoms with van der Waals surface area (Å²) < 4.78 is 5.83. The molecule has 1 aromatic rings. The third kappa shape index (κ3) is 4.84. The number of carbonyl (C=O) groups excluding carboxylic acids is 1. The van der Waals surface area contributed by atoms with Gasteiger partial charge in [0.1, 0.15) is 5.75 Å². The van der Waals surface area contributed by atoms with E-state index in [-0.39, 0.29) is 17.9 Å². The molecule has 0 aromatic heterocycles. The van der Waals surface area contributed by atoms with E-state index in [0.29, 0.717) is 17.9 Å². The molecule has 0 saturated carbocycles. The molecule has 0 aliphatic carbocycles. The second kappa shape index (κ2) is 6.91. The van der Waals surface area contributed by atoms with Crippen molar-refractivity contribution in [2.45, 2.75) is 20.3 Å². The van der Waals surface area contributed by atoms with Gasteiger partial charge < -0.3 is 15.2 Å². The normalized spacial score (nSPS) is 11.2. The van der Waals surface area contributed by atoms with Crippen molar-refractivity contribution in [3.8, 4) is 5.75 Å². The van der Waals surface area contributed by atoms with Gasteiger partial charge in [-0.05, 0) is 46.0 Å². The molecule has 1 aromatic carbocycles. The van der Waals surface area contributed by atoms with Crippen LogP contribution in [0, 0.1) is 5.41 Å². The van der Waals surface area contributed by atoms with E-state index in [2.05, 4.69) is 21.2 Å². The predicted molar refractivity (Wildman–Crippen MR) is 78.5 cm³/mol. The fraction of sp³-hybridized carbons (Fsp3) is 0.500. The van der Waals surface area contributed by atoms with E-state index in [9.17, 15) is 4.79 Å². The molecule has 19 heavy (non-hydrogen) atoms. The van der Waals surface area contributed by atoms with Crippen molar-refractivity contribution in [3.63, 3.8) is 0 Å². The van der Waals surface area contributed by atoms with Gasteiger partial charge in [0.05, 0.1) is 12.7 Å². The summed E-state index contributed by atoms with van der Waals surface area (Å²) in [6.45, 7) is 4.54. The zero-order chi connectivity index (χ0) is 14.5. The molecule has 4 nitrogen and oxygen atoms in total. The van der Waals surface area contributed by atoms with Gasteiger partial charge in [0.2, 0.25) is 0 Å². The molecule has 0 radical (unpaired) electrons. The molecule has 5 heteroatoms. The van der Waals surface area contributed by atoms with Crippen LogP contribution in [0.15, 0.2) is 22.7 Å². The number of amides is 1.